The van der Waals surface area contributed by atoms with E-state index in [1.54, 1.807) is 6.20 Å². The minimum Gasteiger partial charge on any atom is -0.375 e. The summed E-state index contributed by atoms with van der Waals surface area (Å²) in [6, 6.07) is 8.22. The normalized spacial score (nSPS) is 11.8. The van der Waals surface area contributed by atoms with Gasteiger partial charge in [-0.15, -0.1) is 0 Å². The summed E-state index contributed by atoms with van der Waals surface area (Å²) in [5, 5.41) is 0. The van der Waals surface area contributed by atoms with E-state index in [9.17, 15) is 0 Å². The molecule has 0 saturated carbocycles. The number of anilines is 1. The molecule has 0 N–H and O–H groups in total. The lowest BCUT2D eigenvalue weighted by Crippen LogP contribution is -2.17. The van der Waals surface area contributed by atoms with Crippen molar-refractivity contribution in [2.24, 2.45) is 9.98 Å². The first-order chi connectivity index (χ1) is 8.72. The van der Waals surface area contributed by atoms with E-state index >= 15 is 0 Å². The predicted octanol–water partition coefficient (Wildman–Crippen LogP) is 3.51. The Kier molecular flexibility index (Phi) is 5.85. The molecule has 18 heavy (non-hydrogen) atoms. The highest BCUT2D eigenvalue weighted by molar-refractivity contribution is 6.01. The third kappa shape index (κ3) is 3.84. The van der Waals surface area contributed by atoms with E-state index in [2.05, 4.69) is 47.7 Å². The molecule has 0 aromatic heterocycles. The quantitative estimate of drug-likeness (QED) is 0.574. The SMILES string of the molecule is C=NC(=N/C=C\C)c1ccc(N(C)CCC)cc1. The van der Waals surface area contributed by atoms with Gasteiger partial charge in [0.2, 0.25) is 0 Å². The second-order valence-corrected chi connectivity index (χ2v) is 4.06. The summed E-state index contributed by atoms with van der Waals surface area (Å²) in [7, 11) is 2.10. The number of rotatable bonds is 5. The van der Waals surface area contributed by atoms with Gasteiger partial charge < -0.3 is 4.90 Å². The fraction of sp³-hybridized carbons (Fsp3) is 0.333. The molecule has 3 heteroatoms. The van der Waals surface area contributed by atoms with Gasteiger partial charge in [-0.3, -0.25) is 0 Å². The molecule has 3 nitrogen and oxygen atoms in total. The first kappa shape index (κ1) is 14.2. The number of aliphatic imine (C=N–C) groups is 2. The first-order valence-electron chi connectivity index (χ1n) is 6.20. The van der Waals surface area contributed by atoms with Gasteiger partial charge in [0.15, 0.2) is 5.84 Å². The fourth-order valence-corrected chi connectivity index (χ4v) is 1.68. The van der Waals surface area contributed by atoms with Gasteiger partial charge >= 0.3 is 0 Å². The van der Waals surface area contributed by atoms with Crippen molar-refractivity contribution in [1.82, 2.24) is 0 Å². The van der Waals surface area contributed by atoms with E-state index in [0.29, 0.717) is 5.84 Å². The van der Waals surface area contributed by atoms with Crippen molar-refractivity contribution >= 4 is 18.2 Å². The topological polar surface area (TPSA) is 28.0 Å². The molecule has 0 aliphatic heterocycles. The van der Waals surface area contributed by atoms with Crippen LogP contribution in [-0.2, 0) is 0 Å². The van der Waals surface area contributed by atoms with Gasteiger partial charge in [-0.1, -0.05) is 13.0 Å². The zero-order chi connectivity index (χ0) is 13.4. The molecule has 1 aromatic rings. The van der Waals surface area contributed by atoms with Crippen LogP contribution < -0.4 is 4.90 Å². The Bertz CT molecular complexity index is 430. The number of hydrogen-bond acceptors (Lipinski definition) is 2. The van der Waals surface area contributed by atoms with Crippen molar-refractivity contribution < 1.29 is 0 Å². The van der Waals surface area contributed by atoms with Gasteiger partial charge in [0, 0.05) is 31.0 Å². The Morgan fingerprint density at radius 2 is 2.00 bits per heavy atom. The Morgan fingerprint density at radius 1 is 1.33 bits per heavy atom. The maximum Gasteiger partial charge on any atom is 0.158 e. The molecule has 0 unspecified atom stereocenters. The summed E-state index contributed by atoms with van der Waals surface area (Å²) in [5.41, 5.74) is 2.19. The van der Waals surface area contributed by atoms with Gasteiger partial charge in [-0.05, 0) is 44.3 Å². The third-order valence-corrected chi connectivity index (χ3v) is 2.62. The highest BCUT2D eigenvalue weighted by Crippen LogP contribution is 2.15. The van der Waals surface area contributed by atoms with Crippen LogP contribution in [-0.4, -0.2) is 26.1 Å². The lowest BCUT2D eigenvalue weighted by atomic mass is 10.2. The Labute approximate surface area is 110 Å². The monoisotopic (exact) mass is 243 g/mol. The van der Waals surface area contributed by atoms with Crippen LogP contribution in [0.2, 0.25) is 0 Å². The minimum absolute atomic E-state index is 0.651. The molecular formula is C15H21N3. The first-order valence-corrected chi connectivity index (χ1v) is 6.20. The summed E-state index contributed by atoms with van der Waals surface area (Å²) >= 11 is 0. The van der Waals surface area contributed by atoms with E-state index < -0.39 is 0 Å². The molecule has 0 fully saturated rings. The van der Waals surface area contributed by atoms with E-state index in [4.69, 9.17) is 0 Å². The van der Waals surface area contributed by atoms with Crippen LogP contribution >= 0.6 is 0 Å². The smallest absolute Gasteiger partial charge is 0.158 e. The summed E-state index contributed by atoms with van der Waals surface area (Å²) in [5.74, 6) is 0.651. The molecule has 1 rings (SSSR count). The zero-order valence-corrected chi connectivity index (χ0v) is 11.4. The summed E-state index contributed by atoms with van der Waals surface area (Å²) in [6.07, 6.45) is 4.73. The fourth-order valence-electron chi connectivity index (χ4n) is 1.68. The Hall–Kier alpha value is -1.90. The second-order valence-electron chi connectivity index (χ2n) is 4.06. The predicted molar refractivity (Wildman–Crippen MR) is 80.9 cm³/mol. The molecule has 0 atom stereocenters. The van der Waals surface area contributed by atoms with Crippen LogP contribution in [0.1, 0.15) is 25.8 Å². The molecule has 96 valence electrons. The molecule has 0 aliphatic carbocycles. The van der Waals surface area contributed by atoms with Crippen molar-refractivity contribution in [3.63, 3.8) is 0 Å². The molecule has 1 aromatic carbocycles. The molecule has 0 heterocycles. The van der Waals surface area contributed by atoms with E-state index in [0.717, 1.165) is 18.5 Å². The summed E-state index contributed by atoms with van der Waals surface area (Å²) in [4.78, 5) is 10.4. The summed E-state index contributed by atoms with van der Waals surface area (Å²) < 4.78 is 0. The van der Waals surface area contributed by atoms with Crippen LogP contribution in [0.25, 0.3) is 0 Å². The molecule has 0 radical (unpaired) electrons. The van der Waals surface area contributed by atoms with Crippen LogP contribution in [0.15, 0.2) is 46.5 Å². The number of benzene rings is 1. The van der Waals surface area contributed by atoms with Gasteiger partial charge in [-0.25, -0.2) is 9.98 Å². The molecule has 0 saturated heterocycles. The largest absolute Gasteiger partial charge is 0.375 e. The molecule has 0 spiro atoms. The number of amidine groups is 1. The molecule has 0 bridgehead atoms. The Balaban J connectivity index is 2.90. The minimum atomic E-state index is 0.651. The number of nitrogens with zero attached hydrogens (tertiary/aromatic N) is 3. The van der Waals surface area contributed by atoms with E-state index in [1.165, 1.54) is 5.69 Å². The van der Waals surface area contributed by atoms with Crippen LogP contribution in [0, 0.1) is 0 Å². The van der Waals surface area contributed by atoms with Gasteiger partial charge in [0.1, 0.15) is 0 Å². The van der Waals surface area contributed by atoms with Crippen LogP contribution in [0.5, 0.6) is 0 Å². The standard InChI is InChI=1S/C15H21N3/c1-5-11-17-15(16-3)13-7-9-14(10-8-13)18(4)12-6-2/h5,7-11H,3,6,12H2,1-2,4H3/b11-5-,17-15?. The highest BCUT2D eigenvalue weighted by atomic mass is 15.1. The maximum atomic E-state index is 4.24. The van der Waals surface area contributed by atoms with Crippen LogP contribution in [0.4, 0.5) is 5.69 Å². The average molecular weight is 243 g/mol. The number of hydrogen-bond donors (Lipinski definition) is 0. The van der Waals surface area contributed by atoms with Gasteiger partial charge in [-0.2, -0.15) is 0 Å². The zero-order valence-electron chi connectivity index (χ0n) is 11.4. The highest BCUT2D eigenvalue weighted by Gasteiger charge is 2.02. The number of allylic oxidation sites excluding steroid dienone is 1. The van der Waals surface area contributed by atoms with Crippen molar-refractivity contribution in [3.05, 3.63) is 42.1 Å². The lowest BCUT2D eigenvalue weighted by Gasteiger charge is -2.18. The van der Waals surface area contributed by atoms with E-state index in [-0.39, 0.29) is 0 Å². The second kappa shape index (κ2) is 7.43. The van der Waals surface area contributed by atoms with Crippen LogP contribution in [0.3, 0.4) is 0 Å². The third-order valence-electron chi connectivity index (χ3n) is 2.62. The van der Waals surface area contributed by atoms with Crippen molar-refractivity contribution in [3.8, 4) is 0 Å². The van der Waals surface area contributed by atoms with Gasteiger partial charge in [0.05, 0.1) is 0 Å². The lowest BCUT2D eigenvalue weighted by molar-refractivity contribution is 0.852. The molecular weight excluding hydrogens is 222 g/mol. The van der Waals surface area contributed by atoms with Crippen molar-refractivity contribution in [1.29, 1.82) is 0 Å². The Morgan fingerprint density at radius 3 is 2.50 bits per heavy atom. The van der Waals surface area contributed by atoms with Crippen molar-refractivity contribution in [2.75, 3.05) is 18.5 Å². The van der Waals surface area contributed by atoms with Crippen molar-refractivity contribution in [2.45, 2.75) is 20.3 Å². The molecule has 0 amide bonds. The average Bonchev–Trinajstić information content (AvgIpc) is 2.40. The maximum absolute atomic E-state index is 4.24. The molecule has 0 aliphatic rings. The summed E-state index contributed by atoms with van der Waals surface area (Å²) in [6.45, 7) is 8.70. The van der Waals surface area contributed by atoms with E-state index in [1.807, 2.05) is 25.1 Å². The van der Waals surface area contributed by atoms with Gasteiger partial charge in [0.25, 0.3) is 0 Å².